The van der Waals surface area contributed by atoms with E-state index < -0.39 is 27.9 Å². The molecule has 0 saturated carbocycles. The van der Waals surface area contributed by atoms with Crippen LogP contribution in [0.1, 0.15) is 18.4 Å². The van der Waals surface area contributed by atoms with E-state index in [1.54, 1.807) is 19.0 Å². The number of rotatable bonds is 5. The van der Waals surface area contributed by atoms with Gasteiger partial charge in [0.2, 0.25) is 10.0 Å². The van der Waals surface area contributed by atoms with E-state index in [1.807, 2.05) is 0 Å². The molecule has 1 unspecified atom stereocenters. The van der Waals surface area contributed by atoms with Crippen LogP contribution in [0.15, 0.2) is 41.6 Å². The second-order valence-electron chi connectivity index (χ2n) is 6.85. The van der Waals surface area contributed by atoms with Crippen molar-refractivity contribution < 1.29 is 26.3 Å². The molecule has 0 aliphatic carbocycles. The minimum atomic E-state index is -4.62. The third kappa shape index (κ3) is 4.78. The third-order valence-corrected chi connectivity index (χ3v) is 6.35. The van der Waals surface area contributed by atoms with Crippen molar-refractivity contribution in [2.75, 3.05) is 32.1 Å². The molecule has 11 heteroatoms. The summed E-state index contributed by atoms with van der Waals surface area (Å²) in [4.78, 5) is 9.69. The van der Waals surface area contributed by atoms with Gasteiger partial charge in [-0.1, -0.05) is 6.07 Å². The SMILES string of the molecule is CN(C)c1nccnc1OC1CCCN(S(=O)(=O)c2cccc(C(F)(F)F)c2)C1. The van der Waals surface area contributed by atoms with Gasteiger partial charge in [0, 0.05) is 33.0 Å². The maximum absolute atomic E-state index is 13.0. The van der Waals surface area contributed by atoms with E-state index in [1.165, 1.54) is 18.5 Å². The molecule has 7 nitrogen and oxygen atoms in total. The topological polar surface area (TPSA) is 75.6 Å². The maximum atomic E-state index is 13.0. The standard InChI is InChI=1S/C18H21F3N4O3S/c1-24(2)16-17(23-9-8-22-16)28-14-6-4-10-25(12-14)29(26,27)15-7-3-5-13(11-15)18(19,20)21/h3,5,7-9,11,14H,4,6,10,12H2,1-2H3. The molecule has 2 heterocycles. The first-order valence-electron chi connectivity index (χ1n) is 8.91. The lowest BCUT2D eigenvalue weighted by atomic mass is 10.1. The summed E-state index contributed by atoms with van der Waals surface area (Å²) in [5.41, 5.74) is -1.00. The Bertz CT molecular complexity index is 967. The smallest absolute Gasteiger partial charge is 0.416 e. The van der Waals surface area contributed by atoms with Crippen molar-refractivity contribution in [2.24, 2.45) is 0 Å². The predicted molar refractivity (Wildman–Crippen MR) is 100 cm³/mol. The molecule has 1 fully saturated rings. The maximum Gasteiger partial charge on any atom is 0.416 e. The zero-order valence-corrected chi connectivity index (χ0v) is 16.7. The van der Waals surface area contributed by atoms with E-state index in [0.29, 0.717) is 24.7 Å². The molecule has 0 N–H and O–H groups in total. The molecule has 0 bridgehead atoms. The summed E-state index contributed by atoms with van der Waals surface area (Å²) < 4.78 is 71.7. The van der Waals surface area contributed by atoms with Gasteiger partial charge in [-0.25, -0.2) is 18.4 Å². The zero-order valence-electron chi connectivity index (χ0n) is 15.9. The molecule has 1 aromatic heterocycles. The number of aromatic nitrogens is 2. The summed E-state index contributed by atoms with van der Waals surface area (Å²) in [6.07, 6.45) is -0.998. The van der Waals surface area contributed by atoms with Crippen molar-refractivity contribution in [1.29, 1.82) is 0 Å². The largest absolute Gasteiger partial charge is 0.470 e. The van der Waals surface area contributed by atoms with Gasteiger partial charge in [-0.3, -0.25) is 0 Å². The Balaban J connectivity index is 1.80. The number of ether oxygens (including phenoxy) is 1. The Morgan fingerprint density at radius 3 is 2.62 bits per heavy atom. The van der Waals surface area contributed by atoms with Crippen LogP contribution in [0.5, 0.6) is 5.88 Å². The molecule has 0 spiro atoms. The van der Waals surface area contributed by atoms with Gasteiger partial charge < -0.3 is 9.64 Å². The lowest BCUT2D eigenvalue weighted by Gasteiger charge is -2.32. The molecule has 3 rings (SSSR count). The molecule has 1 aromatic carbocycles. The van der Waals surface area contributed by atoms with Gasteiger partial charge >= 0.3 is 6.18 Å². The molecule has 0 amide bonds. The van der Waals surface area contributed by atoms with Crippen molar-refractivity contribution in [3.63, 3.8) is 0 Å². The van der Waals surface area contributed by atoms with Crippen molar-refractivity contribution in [3.05, 3.63) is 42.2 Å². The van der Waals surface area contributed by atoms with Gasteiger partial charge in [-0.2, -0.15) is 17.5 Å². The summed E-state index contributed by atoms with van der Waals surface area (Å²) in [7, 11) is -0.530. The molecule has 158 valence electrons. The summed E-state index contributed by atoms with van der Waals surface area (Å²) in [5.74, 6) is 0.783. The fraction of sp³-hybridized carbons (Fsp3) is 0.444. The number of alkyl halides is 3. The monoisotopic (exact) mass is 430 g/mol. The minimum absolute atomic E-state index is 0.0159. The van der Waals surface area contributed by atoms with E-state index in [-0.39, 0.29) is 23.9 Å². The Labute approximate surface area is 167 Å². The summed E-state index contributed by atoms with van der Waals surface area (Å²) >= 11 is 0. The lowest BCUT2D eigenvalue weighted by molar-refractivity contribution is -0.137. The summed E-state index contributed by atoms with van der Waals surface area (Å²) in [6.45, 7) is 0.224. The molecule has 29 heavy (non-hydrogen) atoms. The quantitative estimate of drug-likeness (QED) is 0.726. The van der Waals surface area contributed by atoms with Crippen LogP contribution in [-0.2, 0) is 16.2 Å². The fourth-order valence-corrected chi connectivity index (χ4v) is 4.62. The highest BCUT2D eigenvalue weighted by molar-refractivity contribution is 7.89. The molecular weight excluding hydrogens is 409 g/mol. The number of hydrogen-bond acceptors (Lipinski definition) is 6. The highest BCUT2D eigenvalue weighted by Crippen LogP contribution is 2.32. The van der Waals surface area contributed by atoms with Gasteiger partial charge in [-0.15, -0.1) is 0 Å². The first-order valence-corrected chi connectivity index (χ1v) is 10.4. The Morgan fingerprint density at radius 1 is 1.21 bits per heavy atom. The normalized spacial score (nSPS) is 18.4. The van der Waals surface area contributed by atoms with E-state index in [9.17, 15) is 21.6 Å². The Morgan fingerprint density at radius 2 is 1.93 bits per heavy atom. The number of piperidine rings is 1. The van der Waals surface area contributed by atoms with Crippen molar-refractivity contribution >= 4 is 15.8 Å². The third-order valence-electron chi connectivity index (χ3n) is 4.49. The van der Waals surface area contributed by atoms with Crippen LogP contribution in [0.4, 0.5) is 19.0 Å². The number of anilines is 1. The molecule has 1 atom stereocenters. The van der Waals surface area contributed by atoms with Crippen LogP contribution in [0.2, 0.25) is 0 Å². The van der Waals surface area contributed by atoms with E-state index >= 15 is 0 Å². The van der Waals surface area contributed by atoms with Crippen molar-refractivity contribution in [2.45, 2.75) is 30.0 Å². The van der Waals surface area contributed by atoms with Crippen LogP contribution in [0.3, 0.4) is 0 Å². The van der Waals surface area contributed by atoms with Crippen LogP contribution in [0.25, 0.3) is 0 Å². The number of hydrogen-bond donors (Lipinski definition) is 0. The van der Waals surface area contributed by atoms with E-state index in [4.69, 9.17) is 4.74 Å². The van der Waals surface area contributed by atoms with Crippen LogP contribution in [0, 0.1) is 0 Å². The molecule has 1 saturated heterocycles. The van der Waals surface area contributed by atoms with Gasteiger partial charge in [0.25, 0.3) is 5.88 Å². The second-order valence-corrected chi connectivity index (χ2v) is 8.79. The Kier molecular flexibility index (Phi) is 5.99. The average Bonchev–Trinajstić information content (AvgIpc) is 2.68. The number of nitrogens with zero attached hydrogens (tertiary/aromatic N) is 4. The molecular formula is C18H21F3N4O3S. The first kappa shape index (κ1) is 21.3. The molecule has 2 aromatic rings. The number of sulfonamides is 1. The molecule has 1 aliphatic rings. The van der Waals surface area contributed by atoms with Crippen molar-refractivity contribution in [3.8, 4) is 5.88 Å². The number of benzene rings is 1. The van der Waals surface area contributed by atoms with Gasteiger partial charge in [0.1, 0.15) is 6.10 Å². The van der Waals surface area contributed by atoms with Crippen molar-refractivity contribution in [1.82, 2.24) is 14.3 Å². The van der Waals surface area contributed by atoms with Crippen LogP contribution < -0.4 is 9.64 Å². The fourth-order valence-electron chi connectivity index (χ4n) is 3.07. The van der Waals surface area contributed by atoms with Gasteiger partial charge in [-0.05, 0) is 31.0 Å². The molecule has 1 aliphatic heterocycles. The predicted octanol–water partition coefficient (Wildman–Crippen LogP) is 2.79. The highest BCUT2D eigenvalue weighted by Gasteiger charge is 2.35. The van der Waals surface area contributed by atoms with Gasteiger partial charge in [0.15, 0.2) is 5.82 Å². The first-order chi connectivity index (χ1) is 13.6. The van der Waals surface area contributed by atoms with E-state index in [2.05, 4.69) is 9.97 Å². The Hall–Kier alpha value is -2.40. The summed E-state index contributed by atoms with van der Waals surface area (Å²) in [6, 6.07) is 3.77. The minimum Gasteiger partial charge on any atom is -0.470 e. The zero-order chi connectivity index (χ0) is 21.2. The van der Waals surface area contributed by atoms with Crippen LogP contribution >= 0.6 is 0 Å². The number of halogens is 3. The van der Waals surface area contributed by atoms with Crippen LogP contribution in [-0.4, -0.2) is 56.0 Å². The van der Waals surface area contributed by atoms with E-state index in [0.717, 1.165) is 16.4 Å². The summed E-state index contributed by atoms with van der Waals surface area (Å²) in [5, 5.41) is 0. The average molecular weight is 430 g/mol. The highest BCUT2D eigenvalue weighted by atomic mass is 32.2. The lowest BCUT2D eigenvalue weighted by Crippen LogP contribution is -2.44. The van der Waals surface area contributed by atoms with Gasteiger partial charge in [0.05, 0.1) is 17.0 Å². The second kappa shape index (κ2) is 8.15. The molecule has 0 radical (unpaired) electrons.